The van der Waals surface area contributed by atoms with Crippen molar-refractivity contribution in [2.24, 2.45) is 5.10 Å². The second-order valence-electron chi connectivity index (χ2n) is 9.27. The molecule has 14 heteroatoms. The summed E-state index contributed by atoms with van der Waals surface area (Å²) in [5.74, 6) is -1.36. The molecule has 0 spiro atoms. The minimum Gasteiger partial charge on any atom is -0.322 e. The van der Waals surface area contributed by atoms with Crippen molar-refractivity contribution in [2.45, 2.75) is 18.0 Å². The number of amides is 2. The van der Waals surface area contributed by atoms with Gasteiger partial charge in [0.1, 0.15) is 6.54 Å². The largest absolute Gasteiger partial charge is 0.416 e. The fourth-order valence-corrected chi connectivity index (χ4v) is 5.84. The van der Waals surface area contributed by atoms with Crippen molar-refractivity contribution in [3.8, 4) is 0 Å². The van der Waals surface area contributed by atoms with Crippen LogP contribution in [-0.4, -0.2) is 32.5 Å². The van der Waals surface area contributed by atoms with Crippen molar-refractivity contribution in [3.63, 3.8) is 0 Å². The molecule has 4 aromatic carbocycles. The van der Waals surface area contributed by atoms with E-state index in [4.69, 9.17) is 23.2 Å². The molecule has 0 aromatic heterocycles. The summed E-state index contributed by atoms with van der Waals surface area (Å²) >= 11 is 12.1. The first-order chi connectivity index (χ1) is 20.8. The summed E-state index contributed by atoms with van der Waals surface area (Å²) < 4.78 is 68.0. The van der Waals surface area contributed by atoms with Crippen molar-refractivity contribution in [2.75, 3.05) is 16.2 Å². The molecule has 4 rings (SSSR count). The number of carbonyl (C=O) groups excluding carboxylic acids is 2. The number of hydrogen-bond donors (Lipinski definition) is 2. The van der Waals surface area contributed by atoms with E-state index in [-0.39, 0.29) is 15.6 Å². The van der Waals surface area contributed by atoms with Crippen LogP contribution in [0.2, 0.25) is 10.0 Å². The van der Waals surface area contributed by atoms with Crippen molar-refractivity contribution >= 4 is 62.1 Å². The third-order valence-corrected chi connectivity index (χ3v) is 8.46. The van der Waals surface area contributed by atoms with Gasteiger partial charge in [0, 0.05) is 16.3 Å². The third-order valence-electron chi connectivity index (χ3n) is 6.13. The molecule has 0 atom stereocenters. The van der Waals surface area contributed by atoms with Gasteiger partial charge in [-0.05, 0) is 73.2 Å². The number of rotatable bonds is 9. The summed E-state index contributed by atoms with van der Waals surface area (Å²) in [6.45, 7) is 0.616. The highest BCUT2D eigenvalue weighted by atomic mass is 35.5. The van der Waals surface area contributed by atoms with Gasteiger partial charge in [-0.2, -0.15) is 18.3 Å². The molecule has 44 heavy (non-hydrogen) atoms. The molecule has 8 nitrogen and oxygen atoms in total. The molecular weight excluding hydrogens is 640 g/mol. The molecule has 0 aliphatic rings. The van der Waals surface area contributed by atoms with Gasteiger partial charge in [-0.25, -0.2) is 13.8 Å². The highest BCUT2D eigenvalue weighted by molar-refractivity contribution is 7.92. The highest BCUT2D eigenvalue weighted by Crippen LogP contribution is 2.37. The van der Waals surface area contributed by atoms with Crippen molar-refractivity contribution in [3.05, 3.63) is 124 Å². The zero-order valence-electron chi connectivity index (χ0n) is 22.8. The first-order valence-electron chi connectivity index (χ1n) is 12.7. The number of hydrogen-bond acceptors (Lipinski definition) is 5. The van der Waals surface area contributed by atoms with E-state index in [1.54, 1.807) is 55.5 Å². The molecule has 0 saturated carbocycles. The molecule has 0 saturated heterocycles. The molecule has 2 amide bonds. The molecule has 0 radical (unpaired) electrons. The fourth-order valence-electron chi connectivity index (χ4n) is 3.93. The number of nitrogens with zero attached hydrogens (tertiary/aromatic N) is 2. The summed E-state index contributed by atoms with van der Waals surface area (Å²) in [4.78, 5) is 25.3. The van der Waals surface area contributed by atoms with E-state index in [1.807, 2.05) is 0 Å². The van der Waals surface area contributed by atoms with E-state index >= 15 is 0 Å². The average Bonchev–Trinajstić information content (AvgIpc) is 2.99. The average molecular weight is 664 g/mol. The van der Waals surface area contributed by atoms with Crippen LogP contribution in [0.3, 0.4) is 0 Å². The number of carbonyl (C=O) groups is 2. The molecular formula is C30H23Cl2F3N4O4S. The Hall–Kier alpha value is -4.39. The number of benzene rings is 4. The van der Waals surface area contributed by atoms with Gasteiger partial charge >= 0.3 is 6.18 Å². The second-order valence-corrected chi connectivity index (χ2v) is 12.0. The Morgan fingerprint density at radius 3 is 2.23 bits per heavy atom. The number of halogens is 5. The zero-order chi connectivity index (χ0) is 32.1. The number of nitrogens with one attached hydrogen (secondary N) is 2. The summed E-state index contributed by atoms with van der Waals surface area (Å²) in [7, 11) is -4.54. The Kier molecular flexibility index (Phi) is 9.98. The molecule has 0 fully saturated rings. The summed E-state index contributed by atoms with van der Waals surface area (Å²) in [6.07, 6.45) is -4.80. The van der Waals surface area contributed by atoms with Gasteiger partial charge in [-0.1, -0.05) is 59.6 Å². The summed E-state index contributed by atoms with van der Waals surface area (Å²) in [5, 5.41) is 6.83. The molecule has 0 unspecified atom stereocenters. The SMILES string of the molecule is C/C(=N\NC(=O)CN(c1cc(C(F)(F)F)ccc1Cl)S(=O)(=O)c1ccccc1)c1cccc(NC(=O)c2cccc(Cl)c2)c1. The maximum Gasteiger partial charge on any atom is 0.416 e. The van der Waals surface area contributed by atoms with Crippen LogP contribution >= 0.6 is 23.2 Å². The van der Waals surface area contributed by atoms with Gasteiger partial charge in [0.15, 0.2) is 0 Å². The van der Waals surface area contributed by atoms with Gasteiger partial charge in [0.05, 0.1) is 26.9 Å². The minimum absolute atomic E-state index is 0.266. The van der Waals surface area contributed by atoms with Crippen LogP contribution in [0.15, 0.2) is 107 Å². The van der Waals surface area contributed by atoms with E-state index in [9.17, 15) is 31.2 Å². The number of alkyl halides is 3. The second kappa shape index (κ2) is 13.5. The maximum absolute atomic E-state index is 13.5. The number of sulfonamides is 1. The Balaban J connectivity index is 1.57. The normalized spacial score (nSPS) is 12.0. The van der Waals surface area contributed by atoms with Crippen molar-refractivity contribution < 1.29 is 31.2 Å². The van der Waals surface area contributed by atoms with Crippen LogP contribution in [0.25, 0.3) is 0 Å². The smallest absolute Gasteiger partial charge is 0.322 e. The Morgan fingerprint density at radius 2 is 1.55 bits per heavy atom. The van der Waals surface area contributed by atoms with Crippen LogP contribution in [0.4, 0.5) is 24.5 Å². The summed E-state index contributed by atoms with van der Waals surface area (Å²) in [5.41, 5.74) is 2.10. The lowest BCUT2D eigenvalue weighted by molar-refractivity contribution is -0.137. The quantitative estimate of drug-likeness (QED) is 0.149. The number of hydrazone groups is 1. The molecule has 0 aliphatic carbocycles. The van der Waals surface area contributed by atoms with Gasteiger partial charge in [0.2, 0.25) is 0 Å². The van der Waals surface area contributed by atoms with E-state index in [0.717, 1.165) is 6.07 Å². The Labute approximate surface area is 261 Å². The molecule has 0 heterocycles. The van der Waals surface area contributed by atoms with Gasteiger partial charge in [-0.15, -0.1) is 0 Å². The van der Waals surface area contributed by atoms with Gasteiger partial charge < -0.3 is 5.32 Å². The van der Waals surface area contributed by atoms with Crippen molar-refractivity contribution in [1.29, 1.82) is 0 Å². The lowest BCUT2D eigenvalue weighted by Crippen LogP contribution is -2.40. The first-order valence-corrected chi connectivity index (χ1v) is 14.9. The highest BCUT2D eigenvalue weighted by Gasteiger charge is 2.34. The van der Waals surface area contributed by atoms with Crippen LogP contribution in [0, 0.1) is 0 Å². The van der Waals surface area contributed by atoms with E-state index in [0.29, 0.717) is 38.3 Å². The van der Waals surface area contributed by atoms with Crippen LogP contribution in [-0.2, 0) is 21.0 Å². The Morgan fingerprint density at radius 1 is 0.864 bits per heavy atom. The number of anilines is 2. The predicted octanol–water partition coefficient (Wildman–Crippen LogP) is 7.00. The van der Waals surface area contributed by atoms with E-state index < -0.39 is 45.8 Å². The van der Waals surface area contributed by atoms with Gasteiger partial charge in [-0.3, -0.25) is 13.9 Å². The van der Waals surface area contributed by atoms with E-state index in [2.05, 4.69) is 15.8 Å². The van der Waals surface area contributed by atoms with Crippen LogP contribution in [0.5, 0.6) is 0 Å². The maximum atomic E-state index is 13.5. The lowest BCUT2D eigenvalue weighted by atomic mass is 10.1. The molecule has 4 aromatic rings. The Bertz CT molecular complexity index is 1840. The molecule has 0 bridgehead atoms. The molecule has 228 valence electrons. The molecule has 2 N–H and O–H groups in total. The first kappa shape index (κ1) is 32.5. The predicted molar refractivity (Wildman–Crippen MR) is 164 cm³/mol. The van der Waals surface area contributed by atoms with E-state index in [1.165, 1.54) is 30.3 Å². The van der Waals surface area contributed by atoms with Gasteiger partial charge in [0.25, 0.3) is 21.8 Å². The monoisotopic (exact) mass is 662 g/mol. The standard InChI is InChI=1S/C30H23Cl2F3N4O4S/c1-19(20-7-6-10-24(16-20)36-29(41)21-8-5-9-23(31)15-21)37-38-28(40)18-39(44(42,43)25-11-3-2-4-12-25)27-17-22(30(33,34)35)13-14-26(27)32/h2-17H,18H2,1H3,(H,36,41)(H,38,40)/b37-19+. The van der Waals surface area contributed by atoms with Crippen molar-refractivity contribution in [1.82, 2.24) is 5.43 Å². The molecule has 0 aliphatic heterocycles. The fraction of sp³-hybridized carbons (Fsp3) is 0.100. The lowest BCUT2D eigenvalue weighted by Gasteiger charge is -2.25. The van der Waals surface area contributed by atoms with Crippen LogP contribution < -0.4 is 15.0 Å². The minimum atomic E-state index is -4.80. The third kappa shape index (κ3) is 7.95. The van der Waals surface area contributed by atoms with Crippen LogP contribution in [0.1, 0.15) is 28.4 Å². The topological polar surface area (TPSA) is 108 Å². The summed E-state index contributed by atoms with van der Waals surface area (Å²) in [6, 6.07) is 22.0. The zero-order valence-corrected chi connectivity index (χ0v) is 25.1.